The van der Waals surface area contributed by atoms with Gasteiger partial charge in [0, 0.05) is 37.3 Å². The first-order chi connectivity index (χ1) is 13.1. The molecule has 1 amide bonds. The topological polar surface area (TPSA) is 42.0 Å². The summed E-state index contributed by atoms with van der Waals surface area (Å²) < 4.78 is 11.1. The zero-order chi connectivity index (χ0) is 19.2. The largest absolute Gasteiger partial charge is 0.493 e. The molecule has 0 bridgehead atoms. The second kappa shape index (κ2) is 9.47. The first-order valence-corrected chi connectivity index (χ1v) is 10.1. The van der Waals surface area contributed by atoms with Gasteiger partial charge in [0.2, 0.25) is 5.91 Å². The molecule has 1 atom stereocenters. The minimum Gasteiger partial charge on any atom is -0.493 e. The Morgan fingerprint density at radius 3 is 2.74 bits per heavy atom. The van der Waals surface area contributed by atoms with Crippen LogP contribution in [-0.4, -0.2) is 55.6 Å². The predicted molar refractivity (Wildman–Crippen MR) is 108 cm³/mol. The van der Waals surface area contributed by atoms with Crippen LogP contribution < -0.4 is 9.47 Å². The Bertz CT molecular complexity index is 674. The number of benzene rings is 1. The van der Waals surface area contributed by atoms with Gasteiger partial charge in [0.15, 0.2) is 11.5 Å². The molecule has 2 fully saturated rings. The third-order valence-electron chi connectivity index (χ3n) is 5.36. The molecule has 2 aliphatic heterocycles. The number of amides is 1. The van der Waals surface area contributed by atoms with Crippen LogP contribution in [0.5, 0.6) is 11.5 Å². The first kappa shape index (κ1) is 20.0. The van der Waals surface area contributed by atoms with Gasteiger partial charge in [-0.1, -0.05) is 24.3 Å². The van der Waals surface area contributed by atoms with Crippen molar-refractivity contribution in [2.24, 2.45) is 5.92 Å². The van der Waals surface area contributed by atoms with Gasteiger partial charge in [-0.3, -0.25) is 9.69 Å². The maximum Gasteiger partial charge on any atom is 0.226 e. The number of hydrogen-bond donors (Lipinski definition) is 0. The van der Waals surface area contributed by atoms with Crippen LogP contribution in [0.2, 0.25) is 5.02 Å². The van der Waals surface area contributed by atoms with Crippen molar-refractivity contribution in [1.29, 1.82) is 0 Å². The van der Waals surface area contributed by atoms with E-state index in [-0.39, 0.29) is 5.92 Å². The zero-order valence-electron chi connectivity index (χ0n) is 16.1. The van der Waals surface area contributed by atoms with Crippen molar-refractivity contribution in [2.75, 3.05) is 39.9 Å². The molecule has 0 radical (unpaired) electrons. The number of likely N-dealkylation sites (tertiary alicyclic amines) is 2. The molecule has 0 aromatic heterocycles. The number of ether oxygens (including phenoxy) is 2. The van der Waals surface area contributed by atoms with Crippen LogP contribution in [0.25, 0.3) is 0 Å². The fraction of sp³-hybridized carbons (Fsp3) is 0.571. The molecule has 0 spiro atoms. The Labute approximate surface area is 166 Å². The van der Waals surface area contributed by atoms with Gasteiger partial charge in [0.05, 0.1) is 13.0 Å². The van der Waals surface area contributed by atoms with Crippen LogP contribution in [0.3, 0.4) is 0 Å². The Kier molecular flexibility index (Phi) is 7.02. The normalized spacial score (nSPS) is 20.5. The van der Waals surface area contributed by atoms with Crippen LogP contribution in [0, 0.1) is 5.92 Å². The third kappa shape index (κ3) is 4.96. The molecule has 2 saturated heterocycles. The van der Waals surface area contributed by atoms with Crippen molar-refractivity contribution < 1.29 is 14.3 Å². The standard InChI is InChI=1S/C21H29ClN2O3/c1-3-11-27-20-13-18(22)17(12-19(20)26-2)15-23-8-6-7-16(14-23)21(25)24-9-4-5-10-24/h3,12-13,16H,1,4-11,14-15H2,2H3. The monoisotopic (exact) mass is 392 g/mol. The van der Waals surface area contributed by atoms with E-state index in [4.69, 9.17) is 21.1 Å². The molecule has 6 heteroatoms. The smallest absolute Gasteiger partial charge is 0.226 e. The molecule has 0 aliphatic carbocycles. The molecule has 1 aromatic carbocycles. The van der Waals surface area contributed by atoms with Crippen LogP contribution in [0.4, 0.5) is 0 Å². The zero-order valence-corrected chi connectivity index (χ0v) is 16.8. The van der Waals surface area contributed by atoms with Gasteiger partial charge in [-0.05, 0) is 43.9 Å². The first-order valence-electron chi connectivity index (χ1n) is 9.73. The molecule has 148 valence electrons. The number of rotatable bonds is 7. The van der Waals surface area contributed by atoms with Gasteiger partial charge < -0.3 is 14.4 Å². The molecule has 0 saturated carbocycles. The summed E-state index contributed by atoms with van der Waals surface area (Å²) in [7, 11) is 1.62. The highest BCUT2D eigenvalue weighted by Gasteiger charge is 2.30. The number of nitrogens with zero attached hydrogens (tertiary/aromatic N) is 2. The predicted octanol–water partition coefficient (Wildman–Crippen LogP) is 3.75. The molecule has 3 rings (SSSR count). The van der Waals surface area contributed by atoms with E-state index in [1.54, 1.807) is 19.3 Å². The van der Waals surface area contributed by atoms with Crippen LogP contribution in [-0.2, 0) is 11.3 Å². The average Bonchev–Trinajstić information content (AvgIpc) is 3.22. The summed E-state index contributed by atoms with van der Waals surface area (Å²) in [6, 6.07) is 3.74. The van der Waals surface area contributed by atoms with Gasteiger partial charge in [-0.2, -0.15) is 0 Å². The van der Waals surface area contributed by atoms with E-state index in [0.29, 0.717) is 35.6 Å². The van der Waals surface area contributed by atoms with Gasteiger partial charge in [-0.25, -0.2) is 0 Å². The van der Waals surface area contributed by atoms with E-state index in [1.165, 1.54) is 0 Å². The molecule has 27 heavy (non-hydrogen) atoms. The molecular formula is C21H29ClN2O3. The fourth-order valence-corrected chi connectivity index (χ4v) is 4.17. The third-order valence-corrected chi connectivity index (χ3v) is 5.71. The lowest BCUT2D eigenvalue weighted by Gasteiger charge is -2.34. The van der Waals surface area contributed by atoms with Crippen LogP contribution in [0.1, 0.15) is 31.2 Å². The number of carbonyl (C=O) groups excluding carboxylic acids is 1. The molecule has 2 heterocycles. The van der Waals surface area contributed by atoms with Crippen molar-refractivity contribution in [3.05, 3.63) is 35.4 Å². The summed E-state index contributed by atoms with van der Waals surface area (Å²) in [6.45, 7) is 8.39. The van der Waals surface area contributed by atoms with Gasteiger partial charge in [-0.15, -0.1) is 0 Å². The highest BCUT2D eigenvalue weighted by Crippen LogP contribution is 2.34. The van der Waals surface area contributed by atoms with Crippen molar-refractivity contribution in [1.82, 2.24) is 9.80 Å². The molecule has 1 aromatic rings. The van der Waals surface area contributed by atoms with E-state index < -0.39 is 0 Å². The quantitative estimate of drug-likeness (QED) is 0.663. The van der Waals surface area contributed by atoms with E-state index in [1.807, 2.05) is 11.0 Å². The van der Waals surface area contributed by atoms with E-state index in [0.717, 1.165) is 57.4 Å². The van der Waals surface area contributed by atoms with Gasteiger partial charge >= 0.3 is 0 Å². The summed E-state index contributed by atoms with van der Waals surface area (Å²) >= 11 is 6.50. The summed E-state index contributed by atoms with van der Waals surface area (Å²) in [5.74, 6) is 1.71. The lowest BCUT2D eigenvalue weighted by atomic mass is 9.96. The Hall–Kier alpha value is -1.72. The Balaban J connectivity index is 1.66. The van der Waals surface area contributed by atoms with E-state index in [9.17, 15) is 4.79 Å². The lowest BCUT2D eigenvalue weighted by molar-refractivity contribution is -0.136. The van der Waals surface area contributed by atoms with Crippen LogP contribution in [0.15, 0.2) is 24.8 Å². The molecule has 0 N–H and O–H groups in total. The average molecular weight is 393 g/mol. The Morgan fingerprint density at radius 2 is 2.04 bits per heavy atom. The van der Waals surface area contributed by atoms with Crippen molar-refractivity contribution in [3.63, 3.8) is 0 Å². The maximum absolute atomic E-state index is 12.7. The number of methoxy groups -OCH3 is 1. The highest BCUT2D eigenvalue weighted by molar-refractivity contribution is 6.31. The second-order valence-electron chi connectivity index (χ2n) is 7.30. The lowest BCUT2D eigenvalue weighted by Crippen LogP contribution is -2.43. The van der Waals surface area contributed by atoms with E-state index in [2.05, 4.69) is 11.5 Å². The van der Waals surface area contributed by atoms with Crippen molar-refractivity contribution >= 4 is 17.5 Å². The molecule has 2 aliphatic rings. The molecular weight excluding hydrogens is 364 g/mol. The number of halogens is 1. The maximum atomic E-state index is 12.7. The summed E-state index contributed by atoms with van der Waals surface area (Å²) in [6.07, 6.45) is 5.99. The summed E-state index contributed by atoms with van der Waals surface area (Å²) in [4.78, 5) is 17.1. The number of piperidine rings is 1. The highest BCUT2D eigenvalue weighted by atomic mass is 35.5. The van der Waals surface area contributed by atoms with Crippen molar-refractivity contribution in [3.8, 4) is 11.5 Å². The molecule has 1 unspecified atom stereocenters. The summed E-state index contributed by atoms with van der Waals surface area (Å²) in [5, 5.41) is 0.655. The van der Waals surface area contributed by atoms with Gasteiger partial charge in [0.1, 0.15) is 6.61 Å². The minimum atomic E-state index is 0.104. The summed E-state index contributed by atoms with van der Waals surface area (Å²) in [5.41, 5.74) is 0.994. The minimum absolute atomic E-state index is 0.104. The SMILES string of the molecule is C=CCOc1cc(Cl)c(CN2CCCC(C(=O)N3CCCC3)C2)cc1OC. The fourth-order valence-electron chi connectivity index (χ4n) is 3.96. The van der Waals surface area contributed by atoms with Crippen molar-refractivity contribution in [2.45, 2.75) is 32.2 Å². The Morgan fingerprint density at radius 1 is 1.26 bits per heavy atom. The molecule has 5 nitrogen and oxygen atoms in total. The second-order valence-corrected chi connectivity index (χ2v) is 7.71. The van der Waals surface area contributed by atoms with Gasteiger partial charge in [0.25, 0.3) is 0 Å². The van der Waals surface area contributed by atoms with Crippen LogP contribution >= 0.6 is 11.6 Å². The number of carbonyl (C=O) groups is 1. The number of hydrogen-bond acceptors (Lipinski definition) is 4. The van der Waals surface area contributed by atoms with E-state index >= 15 is 0 Å².